The lowest BCUT2D eigenvalue weighted by molar-refractivity contribution is 0.0578. The van der Waals surface area contributed by atoms with Gasteiger partial charge in [0.15, 0.2) is 0 Å². The number of pyridine rings is 1. The highest BCUT2D eigenvalue weighted by molar-refractivity contribution is 9.10. The van der Waals surface area contributed by atoms with Crippen LogP contribution in [0.1, 0.15) is 43.1 Å². The van der Waals surface area contributed by atoms with Crippen LogP contribution in [0.3, 0.4) is 0 Å². The third-order valence-electron chi connectivity index (χ3n) is 4.75. The largest absolute Gasteiger partial charge is 0.443 e. The van der Waals surface area contributed by atoms with E-state index in [1.807, 2.05) is 38.3 Å². The van der Waals surface area contributed by atoms with E-state index in [0.717, 1.165) is 25.3 Å². The van der Waals surface area contributed by atoms with Crippen LogP contribution in [-0.2, 0) is 16.0 Å². The van der Waals surface area contributed by atoms with E-state index in [0.29, 0.717) is 29.5 Å². The fourth-order valence-electron chi connectivity index (χ4n) is 3.39. The SMILES string of the molecule is CC(C)(C)OC(=O)N(Cc1cccs1)c1cc(Cl)nc2c(Br)c(C3OCCC3N)sc12. The van der Waals surface area contributed by atoms with Gasteiger partial charge in [0.05, 0.1) is 31.8 Å². The second kappa shape index (κ2) is 8.96. The Morgan fingerprint density at radius 2 is 2.26 bits per heavy atom. The van der Waals surface area contributed by atoms with Crippen LogP contribution in [0.15, 0.2) is 28.1 Å². The number of nitrogens with two attached hydrogens (primary N) is 1. The van der Waals surface area contributed by atoms with Gasteiger partial charge in [0.1, 0.15) is 16.9 Å². The zero-order chi connectivity index (χ0) is 22.3. The van der Waals surface area contributed by atoms with Gasteiger partial charge in [0.25, 0.3) is 0 Å². The minimum absolute atomic E-state index is 0.0867. The van der Waals surface area contributed by atoms with Gasteiger partial charge in [-0.05, 0) is 54.6 Å². The van der Waals surface area contributed by atoms with Gasteiger partial charge in [-0.15, -0.1) is 22.7 Å². The minimum Gasteiger partial charge on any atom is -0.443 e. The number of amides is 1. The molecule has 1 aliphatic rings. The van der Waals surface area contributed by atoms with Crippen LogP contribution in [0.25, 0.3) is 10.2 Å². The number of aromatic nitrogens is 1. The molecule has 6 nitrogen and oxygen atoms in total. The van der Waals surface area contributed by atoms with Crippen molar-refractivity contribution in [2.75, 3.05) is 11.5 Å². The van der Waals surface area contributed by atoms with Gasteiger partial charge in [-0.2, -0.15) is 0 Å². The number of carbonyl (C=O) groups excluding carboxylic acids is 1. The summed E-state index contributed by atoms with van der Waals surface area (Å²) < 4.78 is 13.2. The summed E-state index contributed by atoms with van der Waals surface area (Å²) in [6, 6.07) is 5.57. The fourth-order valence-corrected chi connectivity index (χ4v) is 6.44. The van der Waals surface area contributed by atoms with Gasteiger partial charge in [0.2, 0.25) is 0 Å². The first-order valence-electron chi connectivity index (χ1n) is 9.82. The molecule has 31 heavy (non-hydrogen) atoms. The van der Waals surface area contributed by atoms with Crippen LogP contribution in [0.4, 0.5) is 10.5 Å². The minimum atomic E-state index is -0.633. The predicted molar refractivity (Wildman–Crippen MR) is 130 cm³/mol. The van der Waals surface area contributed by atoms with E-state index in [1.54, 1.807) is 22.3 Å². The Morgan fingerprint density at radius 1 is 1.48 bits per heavy atom. The van der Waals surface area contributed by atoms with Gasteiger partial charge in [-0.25, -0.2) is 9.78 Å². The van der Waals surface area contributed by atoms with E-state index in [2.05, 4.69) is 20.9 Å². The van der Waals surface area contributed by atoms with Crippen LogP contribution in [0, 0.1) is 0 Å². The van der Waals surface area contributed by atoms with Crippen LogP contribution in [0.5, 0.6) is 0 Å². The summed E-state index contributed by atoms with van der Waals surface area (Å²) >= 11 is 13.2. The van der Waals surface area contributed by atoms with Crippen molar-refractivity contribution in [1.82, 2.24) is 4.98 Å². The number of halogens is 2. The van der Waals surface area contributed by atoms with Gasteiger partial charge in [0, 0.05) is 23.6 Å². The lowest BCUT2D eigenvalue weighted by Gasteiger charge is -2.27. The molecule has 0 aromatic carbocycles. The zero-order valence-electron chi connectivity index (χ0n) is 17.4. The predicted octanol–water partition coefficient (Wildman–Crippen LogP) is 6.50. The van der Waals surface area contributed by atoms with Gasteiger partial charge < -0.3 is 15.2 Å². The van der Waals surface area contributed by atoms with Crippen LogP contribution in [-0.4, -0.2) is 29.3 Å². The number of hydrogen-bond acceptors (Lipinski definition) is 7. The standard InChI is InChI=1S/C21H23BrClN3O3S2/c1-21(2,3)29-20(27)26(10-11-5-4-8-30-11)13-9-14(23)25-16-15(22)19(31-18(13)16)17-12(24)6-7-28-17/h4-5,8-9,12,17H,6-7,10,24H2,1-3H3. The van der Waals surface area contributed by atoms with Crippen LogP contribution in [0.2, 0.25) is 5.15 Å². The van der Waals surface area contributed by atoms with Crippen molar-refractivity contribution in [1.29, 1.82) is 0 Å². The molecule has 0 aliphatic carbocycles. The van der Waals surface area contributed by atoms with Gasteiger partial charge >= 0.3 is 6.09 Å². The number of nitrogens with zero attached hydrogens (tertiary/aromatic N) is 2. The van der Waals surface area contributed by atoms with Crippen molar-refractivity contribution in [3.05, 3.63) is 43.0 Å². The zero-order valence-corrected chi connectivity index (χ0v) is 21.3. The molecular weight excluding hydrogens is 522 g/mol. The van der Waals surface area contributed by atoms with Gasteiger partial charge in [-0.1, -0.05) is 17.7 Å². The third kappa shape index (κ3) is 4.91. The average Bonchev–Trinajstić information content (AvgIpc) is 3.40. The summed E-state index contributed by atoms with van der Waals surface area (Å²) in [5, 5.41) is 2.28. The lowest BCUT2D eigenvalue weighted by atomic mass is 10.1. The summed E-state index contributed by atoms with van der Waals surface area (Å²) in [7, 11) is 0. The Labute approximate surface area is 202 Å². The van der Waals surface area contributed by atoms with Crippen LogP contribution < -0.4 is 10.6 Å². The summed E-state index contributed by atoms with van der Waals surface area (Å²) in [5.41, 5.74) is 6.98. The molecule has 0 saturated carbocycles. The van der Waals surface area contributed by atoms with E-state index >= 15 is 0 Å². The summed E-state index contributed by atoms with van der Waals surface area (Å²) in [5.74, 6) is 0. The monoisotopic (exact) mass is 543 g/mol. The Balaban J connectivity index is 1.84. The summed E-state index contributed by atoms with van der Waals surface area (Å²) in [6.45, 7) is 6.54. The fraction of sp³-hybridized carbons (Fsp3) is 0.429. The highest BCUT2D eigenvalue weighted by Gasteiger charge is 2.33. The van der Waals surface area contributed by atoms with E-state index in [4.69, 9.17) is 26.8 Å². The molecule has 1 aliphatic heterocycles. The molecule has 0 radical (unpaired) electrons. The highest BCUT2D eigenvalue weighted by atomic mass is 79.9. The summed E-state index contributed by atoms with van der Waals surface area (Å²) in [6.07, 6.45) is 0.145. The normalized spacial score (nSPS) is 19.2. The number of ether oxygens (including phenoxy) is 2. The molecule has 1 saturated heterocycles. The maximum absolute atomic E-state index is 13.2. The Hall–Kier alpha value is -1.23. The second-order valence-corrected chi connectivity index (χ2v) is 11.6. The average molecular weight is 545 g/mol. The molecule has 0 bridgehead atoms. The molecule has 2 unspecified atom stereocenters. The van der Waals surface area contributed by atoms with Crippen molar-refractivity contribution in [2.24, 2.45) is 5.73 Å². The molecule has 1 amide bonds. The number of fused-ring (bicyclic) bond motifs is 1. The first-order valence-corrected chi connectivity index (χ1v) is 12.7. The molecule has 3 aromatic heterocycles. The second-order valence-electron chi connectivity index (χ2n) is 8.31. The van der Waals surface area contributed by atoms with Gasteiger partial charge in [-0.3, -0.25) is 4.90 Å². The molecule has 4 rings (SSSR count). The number of thiophene rings is 2. The number of anilines is 1. The highest BCUT2D eigenvalue weighted by Crippen LogP contribution is 2.46. The first kappa shape index (κ1) is 22.9. The Bertz CT molecular complexity index is 1100. The number of hydrogen-bond donors (Lipinski definition) is 1. The number of rotatable bonds is 4. The third-order valence-corrected chi connectivity index (χ3v) is 8.14. The summed E-state index contributed by atoms with van der Waals surface area (Å²) in [4.78, 5) is 21.4. The van der Waals surface area contributed by atoms with Crippen molar-refractivity contribution in [3.8, 4) is 0 Å². The van der Waals surface area contributed by atoms with Crippen molar-refractivity contribution >= 4 is 72.2 Å². The van der Waals surface area contributed by atoms with Crippen LogP contribution >= 0.6 is 50.2 Å². The topological polar surface area (TPSA) is 77.7 Å². The Kier molecular flexibility index (Phi) is 6.63. The molecule has 2 atom stereocenters. The van der Waals surface area contributed by atoms with Crippen molar-refractivity contribution in [3.63, 3.8) is 0 Å². The lowest BCUT2D eigenvalue weighted by Crippen LogP contribution is -2.36. The van der Waals surface area contributed by atoms with E-state index < -0.39 is 11.7 Å². The molecule has 2 N–H and O–H groups in total. The molecule has 1 fully saturated rings. The Morgan fingerprint density at radius 3 is 2.87 bits per heavy atom. The number of carbonyl (C=O) groups is 1. The maximum Gasteiger partial charge on any atom is 0.415 e. The van der Waals surface area contributed by atoms with E-state index in [-0.39, 0.29) is 12.1 Å². The molecule has 3 aromatic rings. The quantitative estimate of drug-likeness (QED) is 0.379. The molecular formula is C21H23BrClN3O3S2. The maximum atomic E-state index is 13.2. The van der Waals surface area contributed by atoms with Crippen molar-refractivity contribution in [2.45, 2.75) is 51.5 Å². The van der Waals surface area contributed by atoms with E-state index in [1.165, 1.54) is 11.3 Å². The smallest absolute Gasteiger partial charge is 0.415 e. The molecule has 10 heteroatoms. The van der Waals surface area contributed by atoms with Crippen molar-refractivity contribution < 1.29 is 14.3 Å². The first-order chi connectivity index (χ1) is 14.6. The molecule has 166 valence electrons. The van der Waals surface area contributed by atoms with E-state index in [9.17, 15) is 4.79 Å². The molecule has 0 spiro atoms. The molecule has 4 heterocycles.